The molecule has 208 valence electrons. The molecule has 2 heterocycles. The quantitative estimate of drug-likeness (QED) is 0.233. The van der Waals surface area contributed by atoms with Crippen LogP contribution in [0.15, 0.2) is 77.6 Å². The van der Waals surface area contributed by atoms with Crippen molar-refractivity contribution in [3.63, 3.8) is 0 Å². The number of halogens is 1. The molecule has 0 spiro atoms. The lowest BCUT2D eigenvalue weighted by Gasteiger charge is -2.20. The Kier molecular flexibility index (Phi) is 13.4. The number of carbonyl (C=O) groups is 1. The molecule has 0 saturated carbocycles. The predicted molar refractivity (Wildman–Crippen MR) is 156 cm³/mol. The minimum Gasteiger partial charge on any atom is -0.491 e. The summed E-state index contributed by atoms with van der Waals surface area (Å²) in [5, 5.41) is 16.0. The number of hydrogen-bond donors (Lipinski definition) is 3. The molecule has 9 nitrogen and oxygen atoms in total. The maximum atomic E-state index is 12.5. The minimum absolute atomic E-state index is 0.0836. The van der Waals surface area contributed by atoms with Crippen molar-refractivity contribution in [1.29, 1.82) is 0 Å². The smallest absolute Gasteiger partial charge is 0.224 e. The van der Waals surface area contributed by atoms with Gasteiger partial charge >= 0.3 is 0 Å². The fraction of sp³-hybridized carbons (Fsp3) is 0.345. The van der Waals surface area contributed by atoms with Gasteiger partial charge in [-0.05, 0) is 38.5 Å². The van der Waals surface area contributed by atoms with Crippen molar-refractivity contribution >= 4 is 29.3 Å². The lowest BCUT2D eigenvalue weighted by Crippen LogP contribution is -2.38. The number of aromatic nitrogens is 2. The van der Waals surface area contributed by atoms with Gasteiger partial charge in [-0.3, -0.25) is 4.79 Å². The Morgan fingerprint density at radius 3 is 2.82 bits per heavy atom. The molecule has 3 N–H and O–H groups in total. The topological polar surface area (TPSA) is 109 Å². The number of anilines is 2. The molecule has 0 saturated heterocycles. The van der Waals surface area contributed by atoms with Gasteiger partial charge < -0.3 is 30.1 Å². The molecule has 0 radical (unpaired) electrons. The summed E-state index contributed by atoms with van der Waals surface area (Å²) in [6.45, 7) is 10.7. The van der Waals surface area contributed by atoms with Crippen molar-refractivity contribution in [2.24, 2.45) is 0 Å². The van der Waals surface area contributed by atoms with Crippen LogP contribution in [-0.4, -0.2) is 59.9 Å². The number of hydrogen-bond acceptors (Lipinski definition) is 8. The van der Waals surface area contributed by atoms with Crippen LogP contribution >= 0.6 is 11.6 Å². The van der Waals surface area contributed by atoms with Crippen molar-refractivity contribution in [3.05, 3.63) is 83.1 Å². The van der Waals surface area contributed by atoms with Gasteiger partial charge in [0.15, 0.2) is 5.76 Å². The highest BCUT2D eigenvalue weighted by atomic mass is 35.5. The first kappa shape index (κ1) is 31.2. The molecule has 1 aliphatic rings. The second kappa shape index (κ2) is 16.8. The van der Waals surface area contributed by atoms with Crippen molar-refractivity contribution in [1.82, 2.24) is 15.3 Å². The SMILES string of the molecule is C#CCN(/C=C\CC(=O)NC(CO)/C(C)=C/C=C\C(=C)Cl)c1nc(NC/C=C\C2=C(C)OCCO2)ncc1C. The van der Waals surface area contributed by atoms with E-state index in [-0.39, 0.29) is 25.5 Å². The fourth-order valence-corrected chi connectivity index (χ4v) is 3.44. The molecule has 10 heteroatoms. The Morgan fingerprint density at radius 2 is 2.13 bits per heavy atom. The van der Waals surface area contributed by atoms with Crippen molar-refractivity contribution in [2.75, 3.05) is 43.1 Å². The predicted octanol–water partition coefficient (Wildman–Crippen LogP) is 4.11. The number of allylic oxidation sites excluding steroid dienone is 6. The summed E-state index contributed by atoms with van der Waals surface area (Å²) in [5.41, 5.74) is 1.60. The standard InChI is InChI=1S/C29H36ClN5O4/c1-6-15-35(16-9-13-27(37)33-25(20-36)21(2)10-7-11-23(4)30)28-22(3)19-32-29(34-28)31-14-8-12-26-24(5)38-17-18-39-26/h1,7-12,16,19,25,36H,4,13-15,17-18,20H2,2-3,5H3,(H,33,37)(H,31,32,34)/b11-7-,12-8-,16-9-,21-10+. The highest BCUT2D eigenvalue weighted by molar-refractivity contribution is 6.30. The van der Waals surface area contributed by atoms with E-state index in [4.69, 9.17) is 27.5 Å². The summed E-state index contributed by atoms with van der Waals surface area (Å²) in [6.07, 6.45) is 19.6. The maximum absolute atomic E-state index is 12.5. The van der Waals surface area contributed by atoms with Crippen LogP contribution in [0.2, 0.25) is 0 Å². The van der Waals surface area contributed by atoms with E-state index in [0.717, 1.165) is 16.9 Å². The molecule has 1 unspecified atom stereocenters. The third-order valence-electron chi connectivity index (χ3n) is 5.42. The minimum atomic E-state index is -0.523. The molecule has 2 rings (SSSR count). The molecule has 1 atom stereocenters. The summed E-state index contributed by atoms with van der Waals surface area (Å²) in [5.74, 6) is 4.87. The Bertz CT molecular complexity index is 1200. The Morgan fingerprint density at radius 1 is 1.36 bits per heavy atom. The van der Waals surface area contributed by atoms with Crippen molar-refractivity contribution < 1.29 is 19.4 Å². The first-order chi connectivity index (χ1) is 18.7. The summed E-state index contributed by atoms with van der Waals surface area (Å²) in [7, 11) is 0. The molecule has 0 bridgehead atoms. The van der Waals surface area contributed by atoms with E-state index in [1.54, 1.807) is 41.6 Å². The second-order valence-corrected chi connectivity index (χ2v) is 9.03. The summed E-state index contributed by atoms with van der Waals surface area (Å²) < 4.78 is 11.0. The van der Waals surface area contributed by atoms with E-state index in [2.05, 4.69) is 33.1 Å². The Labute approximate surface area is 235 Å². The number of terminal acetylenes is 1. The van der Waals surface area contributed by atoms with Crippen LogP contribution in [0, 0.1) is 19.3 Å². The van der Waals surface area contributed by atoms with Crippen LogP contribution in [0.5, 0.6) is 0 Å². The molecular weight excluding hydrogens is 518 g/mol. The molecule has 0 fully saturated rings. The van der Waals surface area contributed by atoms with Crippen LogP contribution < -0.4 is 15.5 Å². The highest BCUT2D eigenvalue weighted by Gasteiger charge is 2.13. The number of carbonyl (C=O) groups excluding carboxylic acids is 1. The van der Waals surface area contributed by atoms with Crippen molar-refractivity contribution in [2.45, 2.75) is 33.2 Å². The number of aliphatic hydroxyl groups is 1. The zero-order valence-electron chi connectivity index (χ0n) is 22.6. The zero-order valence-corrected chi connectivity index (χ0v) is 23.4. The van der Waals surface area contributed by atoms with Crippen LogP contribution in [0.4, 0.5) is 11.8 Å². The largest absolute Gasteiger partial charge is 0.491 e. The van der Waals surface area contributed by atoms with Crippen LogP contribution in [-0.2, 0) is 14.3 Å². The average Bonchev–Trinajstić information content (AvgIpc) is 2.90. The number of amides is 1. The van der Waals surface area contributed by atoms with E-state index in [9.17, 15) is 9.90 Å². The van der Waals surface area contributed by atoms with Gasteiger partial charge in [-0.15, -0.1) is 6.42 Å². The Hall–Kier alpha value is -4.00. The normalized spacial score (nSPS) is 14.7. The van der Waals surface area contributed by atoms with Gasteiger partial charge in [0.2, 0.25) is 11.9 Å². The van der Waals surface area contributed by atoms with Gasteiger partial charge in [0.05, 0.1) is 19.2 Å². The van der Waals surface area contributed by atoms with Crippen LogP contribution in [0.25, 0.3) is 0 Å². The number of aryl methyl sites for hydroxylation is 1. The summed E-state index contributed by atoms with van der Waals surface area (Å²) in [4.78, 5) is 23.2. The van der Waals surface area contributed by atoms with E-state index in [1.165, 1.54) is 0 Å². The van der Waals surface area contributed by atoms with Gasteiger partial charge in [-0.1, -0.05) is 48.4 Å². The second-order valence-electron chi connectivity index (χ2n) is 8.54. The van der Waals surface area contributed by atoms with Gasteiger partial charge in [0, 0.05) is 36.0 Å². The van der Waals surface area contributed by atoms with Crippen molar-refractivity contribution in [3.8, 4) is 12.3 Å². The molecule has 1 aromatic heterocycles. The Balaban J connectivity index is 2.01. The van der Waals surface area contributed by atoms with Gasteiger partial charge in [0.1, 0.15) is 24.8 Å². The number of ether oxygens (including phenoxy) is 2. The monoisotopic (exact) mass is 553 g/mol. The molecule has 0 aliphatic carbocycles. The molecule has 1 aromatic rings. The van der Waals surface area contributed by atoms with E-state index < -0.39 is 6.04 Å². The zero-order chi connectivity index (χ0) is 28.6. The molecule has 1 aliphatic heterocycles. The van der Waals surface area contributed by atoms with Gasteiger partial charge in [0.25, 0.3) is 0 Å². The summed E-state index contributed by atoms with van der Waals surface area (Å²) in [6, 6.07) is -0.523. The number of nitrogens with one attached hydrogen (secondary N) is 2. The molecule has 39 heavy (non-hydrogen) atoms. The van der Waals surface area contributed by atoms with Crippen LogP contribution in [0.1, 0.15) is 25.8 Å². The lowest BCUT2D eigenvalue weighted by molar-refractivity contribution is -0.121. The number of nitrogens with zero attached hydrogens (tertiary/aromatic N) is 3. The first-order valence-electron chi connectivity index (χ1n) is 12.4. The summed E-state index contributed by atoms with van der Waals surface area (Å²) >= 11 is 5.71. The number of aliphatic hydroxyl groups excluding tert-OH is 1. The van der Waals surface area contributed by atoms with E-state index in [1.807, 2.05) is 32.9 Å². The molecule has 1 amide bonds. The highest BCUT2D eigenvalue weighted by Crippen LogP contribution is 2.19. The molecule has 0 aromatic carbocycles. The lowest BCUT2D eigenvalue weighted by atomic mass is 10.1. The third kappa shape index (κ3) is 11.1. The fourth-order valence-electron chi connectivity index (χ4n) is 3.37. The van der Waals surface area contributed by atoms with Gasteiger partial charge in [-0.2, -0.15) is 4.98 Å². The number of rotatable bonds is 14. The van der Waals surface area contributed by atoms with E-state index >= 15 is 0 Å². The maximum Gasteiger partial charge on any atom is 0.224 e. The average molecular weight is 554 g/mol. The van der Waals surface area contributed by atoms with Crippen LogP contribution in [0.3, 0.4) is 0 Å². The van der Waals surface area contributed by atoms with E-state index in [0.29, 0.717) is 42.3 Å². The van der Waals surface area contributed by atoms with Gasteiger partial charge in [-0.25, -0.2) is 4.98 Å². The molecular formula is C29H36ClN5O4. The third-order valence-corrected chi connectivity index (χ3v) is 5.55. The first-order valence-corrected chi connectivity index (χ1v) is 12.8.